The molecule has 0 fully saturated rings. The van der Waals surface area contributed by atoms with Crippen molar-refractivity contribution >= 4 is 5.91 Å². The van der Waals surface area contributed by atoms with Crippen LogP contribution in [0.1, 0.15) is 16.1 Å². The zero-order valence-corrected chi connectivity index (χ0v) is 8.14. The van der Waals surface area contributed by atoms with Gasteiger partial charge in [0.1, 0.15) is 5.69 Å². The quantitative estimate of drug-likeness (QED) is 0.701. The highest BCUT2D eigenvalue weighted by atomic mass is 16.2. The summed E-state index contributed by atoms with van der Waals surface area (Å²) in [6, 6.07) is 0. The van der Waals surface area contributed by atoms with Crippen LogP contribution in [-0.2, 0) is 13.6 Å². The second-order valence-electron chi connectivity index (χ2n) is 3.49. The van der Waals surface area contributed by atoms with Crippen LogP contribution in [0.2, 0.25) is 0 Å². The zero-order valence-electron chi connectivity index (χ0n) is 8.14. The van der Waals surface area contributed by atoms with Gasteiger partial charge in [0.2, 0.25) is 0 Å². The van der Waals surface area contributed by atoms with Crippen LogP contribution in [0.5, 0.6) is 0 Å². The normalized spacial score (nSPS) is 14.1. The van der Waals surface area contributed by atoms with Crippen molar-refractivity contribution in [3.05, 3.63) is 29.8 Å². The molecule has 76 valence electrons. The highest BCUT2D eigenvalue weighted by Gasteiger charge is 2.23. The van der Waals surface area contributed by atoms with Crippen molar-refractivity contribution in [2.45, 2.75) is 6.54 Å². The summed E-state index contributed by atoms with van der Waals surface area (Å²) < 4.78 is 3.37. The van der Waals surface area contributed by atoms with Crippen molar-refractivity contribution in [1.82, 2.24) is 24.9 Å². The van der Waals surface area contributed by atoms with Crippen molar-refractivity contribution in [3.8, 4) is 5.69 Å². The molecule has 6 heteroatoms. The summed E-state index contributed by atoms with van der Waals surface area (Å²) in [5.41, 5.74) is 2.31. The van der Waals surface area contributed by atoms with Crippen LogP contribution < -0.4 is 5.32 Å². The lowest BCUT2D eigenvalue weighted by molar-refractivity contribution is 0.0965. The van der Waals surface area contributed by atoms with E-state index in [2.05, 4.69) is 15.5 Å². The first-order valence-corrected chi connectivity index (χ1v) is 4.60. The van der Waals surface area contributed by atoms with Crippen LogP contribution in [0.3, 0.4) is 0 Å². The Morgan fingerprint density at radius 2 is 2.33 bits per heavy atom. The van der Waals surface area contributed by atoms with E-state index in [9.17, 15) is 4.79 Å². The average Bonchev–Trinajstić information content (AvgIpc) is 2.84. The molecule has 1 N–H and O–H groups in total. The van der Waals surface area contributed by atoms with E-state index in [0.717, 1.165) is 11.4 Å². The fraction of sp³-hybridized carbons (Fsp3) is 0.222. The van der Waals surface area contributed by atoms with Crippen LogP contribution >= 0.6 is 0 Å². The average molecular weight is 203 g/mol. The molecule has 3 rings (SSSR count). The van der Waals surface area contributed by atoms with Gasteiger partial charge in [-0.15, -0.1) is 0 Å². The number of hydrogen-bond donors (Lipinski definition) is 1. The minimum atomic E-state index is -0.0554. The molecule has 0 unspecified atom stereocenters. The number of hydrogen-bond acceptors (Lipinski definition) is 3. The Hall–Kier alpha value is -2.11. The van der Waals surface area contributed by atoms with Gasteiger partial charge < -0.3 is 5.32 Å². The lowest BCUT2D eigenvalue weighted by Crippen LogP contribution is -2.14. The number of carbonyl (C=O) groups is 1. The topological polar surface area (TPSA) is 64.7 Å². The molecular formula is C9H9N5O. The first-order valence-electron chi connectivity index (χ1n) is 4.60. The predicted octanol–water partition coefficient (Wildman–Crippen LogP) is -0.151. The summed E-state index contributed by atoms with van der Waals surface area (Å²) in [6.07, 6.45) is 5.29. The number of nitrogens with zero attached hydrogens (tertiary/aromatic N) is 4. The van der Waals surface area contributed by atoms with Crippen molar-refractivity contribution in [2.75, 3.05) is 0 Å². The van der Waals surface area contributed by atoms with Crippen molar-refractivity contribution in [2.24, 2.45) is 7.05 Å². The third kappa shape index (κ3) is 1.14. The Balaban J connectivity index is 2.08. The van der Waals surface area contributed by atoms with Crippen molar-refractivity contribution in [1.29, 1.82) is 0 Å². The molecule has 2 aromatic heterocycles. The molecule has 0 aliphatic carbocycles. The van der Waals surface area contributed by atoms with E-state index < -0.39 is 0 Å². The highest BCUT2D eigenvalue weighted by Crippen LogP contribution is 2.15. The van der Waals surface area contributed by atoms with E-state index in [-0.39, 0.29) is 5.91 Å². The molecule has 0 saturated heterocycles. The number of nitrogens with one attached hydrogen (secondary N) is 1. The smallest absolute Gasteiger partial charge is 0.255 e. The number of carbonyl (C=O) groups excluding carboxylic acids is 1. The lowest BCUT2D eigenvalue weighted by atomic mass is 10.3. The van der Waals surface area contributed by atoms with Gasteiger partial charge >= 0.3 is 0 Å². The maximum absolute atomic E-state index is 11.3. The summed E-state index contributed by atoms with van der Waals surface area (Å²) in [5.74, 6) is -0.0554. The fourth-order valence-electron chi connectivity index (χ4n) is 1.65. The third-order valence-corrected chi connectivity index (χ3v) is 2.41. The molecule has 0 spiro atoms. The minimum absolute atomic E-state index is 0.0554. The van der Waals surface area contributed by atoms with Crippen LogP contribution in [0.15, 0.2) is 18.6 Å². The van der Waals surface area contributed by atoms with Gasteiger partial charge in [0.05, 0.1) is 30.2 Å². The molecule has 1 aliphatic heterocycles. The van der Waals surface area contributed by atoms with Crippen LogP contribution in [0.4, 0.5) is 0 Å². The van der Waals surface area contributed by atoms with Crippen molar-refractivity contribution in [3.63, 3.8) is 0 Å². The Kier molecular flexibility index (Phi) is 1.47. The Morgan fingerprint density at radius 1 is 1.47 bits per heavy atom. The van der Waals surface area contributed by atoms with Gasteiger partial charge in [0, 0.05) is 13.2 Å². The molecule has 1 amide bonds. The van der Waals surface area contributed by atoms with Gasteiger partial charge in [-0.2, -0.15) is 10.2 Å². The number of fused-ring (bicyclic) bond motifs is 1. The zero-order chi connectivity index (χ0) is 10.4. The van der Waals surface area contributed by atoms with E-state index in [4.69, 9.17) is 0 Å². The molecule has 15 heavy (non-hydrogen) atoms. The van der Waals surface area contributed by atoms with E-state index in [0.29, 0.717) is 12.1 Å². The van der Waals surface area contributed by atoms with Gasteiger partial charge in [-0.05, 0) is 0 Å². The second-order valence-corrected chi connectivity index (χ2v) is 3.49. The van der Waals surface area contributed by atoms with Gasteiger partial charge in [-0.1, -0.05) is 0 Å². The number of aromatic nitrogens is 4. The van der Waals surface area contributed by atoms with Crippen LogP contribution in [0.25, 0.3) is 5.69 Å². The molecule has 0 radical (unpaired) electrons. The van der Waals surface area contributed by atoms with E-state index in [1.807, 2.05) is 13.2 Å². The molecule has 0 atom stereocenters. The molecule has 0 bridgehead atoms. The molecule has 2 aromatic rings. The number of aryl methyl sites for hydroxylation is 1. The molecular weight excluding hydrogens is 194 g/mol. The Bertz CT molecular complexity index is 538. The monoisotopic (exact) mass is 203 g/mol. The second kappa shape index (κ2) is 2.69. The predicted molar refractivity (Wildman–Crippen MR) is 51.5 cm³/mol. The standard InChI is InChI=1S/C9H9N5O/c1-13-4-6(2-11-13)14-5-7-8(12-14)3-10-9(7)15/h2,4-5H,3H2,1H3,(H,10,15). The van der Waals surface area contributed by atoms with Crippen molar-refractivity contribution < 1.29 is 4.79 Å². The Morgan fingerprint density at radius 3 is 3.00 bits per heavy atom. The minimum Gasteiger partial charge on any atom is -0.346 e. The molecule has 0 saturated carbocycles. The largest absolute Gasteiger partial charge is 0.346 e. The van der Waals surface area contributed by atoms with Gasteiger partial charge in [-0.25, -0.2) is 4.68 Å². The van der Waals surface area contributed by atoms with Gasteiger partial charge in [0.15, 0.2) is 0 Å². The molecule has 6 nitrogen and oxygen atoms in total. The third-order valence-electron chi connectivity index (χ3n) is 2.41. The maximum Gasteiger partial charge on any atom is 0.255 e. The van der Waals surface area contributed by atoms with Gasteiger partial charge in [0.25, 0.3) is 5.91 Å². The molecule has 3 heterocycles. The lowest BCUT2D eigenvalue weighted by Gasteiger charge is -1.95. The van der Waals surface area contributed by atoms with Crippen LogP contribution in [0, 0.1) is 0 Å². The van der Waals surface area contributed by atoms with Gasteiger partial charge in [-0.3, -0.25) is 9.48 Å². The summed E-state index contributed by atoms with van der Waals surface area (Å²) in [7, 11) is 1.84. The van der Waals surface area contributed by atoms with Crippen LogP contribution in [-0.4, -0.2) is 25.5 Å². The highest BCUT2D eigenvalue weighted by molar-refractivity contribution is 5.97. The van der Waals surface area contributed by atoms with E-state index in [1.165, 1.54) is 0 Å². The van der Waals surface area contributed by atoms with E-state index >= 15 is 0 Å². The fourth-order valence-corrected chi connectivity index (χ4v) is 1.65. The number of amides is 1. The molecule has 1 aliphatic rings. The number of rotatable bonds is 1. The first-order chi connectivity index (χ1) is 7.24. The maximum atomic E-state index is 11.3. The Labute approximate surface area is 85.5 Å². The summed E-state index contributed by atoms with van der Waals surface area (Å²) in [4.78, 5) is 11.3. The SMILES string of the molecule is Cn1cc(-n2cc3c(n2)CNC3=O)cn1. The summed E-state index contributed by atoms with van der Waals surface area (Å²) in [6.45, 7) is 0.515. The summed E-state index contributed by atoms with van der Waals surface area (Å²) >= 11 is 0. The molecule has 0 aromatic carbocycles. The summed E-state index contributed by atoms with van der Waals surface area (Å²) in [5, 5.41) is 11.1. The first kappa shape index (κ1) is 8.22. The van der Waals surface area contributed by atoms with E-state index in [1.54, 1.807) is 21.8 Å².